The van der Waals surface area contributed by atoms with E-state index < -0.39 is 7.29 Å². The van der Waals surface area contributed by atoms with Gasteiger partial charge in [0.25, 0.3) is 0 Å². The molecule has 7 aromatic carbocycles. The summed E-state index contributed by atoms with van der Waals surface area (Å²) in [5.41, 5.74) is 9.79. The number of rotatable bonds is 3. The minimum atomic E-state index is -3.46. The lowest BCUT2D eigenvalue weighted by atomic mass is 9.87. The zero-order valence-electron chi connectivity index (χ0n) is 24.8. The lowest BCUT2D eigenvalue weighted by Gasteiger charge is -2.24. The third kappa shape index (κ3) is 3.20. The van der Waals surface area contributed by atoms with Gasteiger partial charge < -0.3 is 4.57 Å². The van der Waals surface area contributed by atoms with Crippen LogP contribution in [0, 0.1) is 0 Å². The Bertz CT molecular complexity index is 2710. The maximum absolute atomic E-state index is 16.5. The Kier molecular flexibility index (Phi) is 5.27. The summed E-state index contributed by atoms with van der Waals surface area (Å²) in [5.74, 6) is 0. The highest BCUT2D eigenvalue weighted by molar-refractivity contribution is 7.78. The van der Waals surface area contributed by atoms with Crippen LogP contribution in [0.4, 0.5) is 0 Å². The molecule has 46 heavy (non-hydrogen) atoms. The summed E-state index contributed by atoms with van der Waals surface area (Å²) in [6.07, 6.45) is 0. The van der Waals surface area contributed by atoms with E-state index in [9.17, 15) is 0 Å². The van der Waals surface area contributed by atoms with Crippen LogP contribution >= 0.6 is 7.29 Å². The van der Waals surface area contributed by atoms with Crippen LogP contribution in [0.1, 0.15) is 0 Å². The molecule has 0 N–H and O–H groups in total. The molecule has 0 spiro atoms. The van der Waals surface area contributed by atoms with Gasteiger partial charge in [-0.15, -0.1) is 0 Å². The number of aromatic nitrogens is 2. The van der Waals surface area contributed by atoms with E-state index in [0.717, 1.165) is 65.8 Å². The van der Waals surface area contributed by atoms with Crippen molar-refractivity contribution in [3.63, 3.8) is 0 Å². The fourth-order valence-electron chi connectivity index (χ4n) is 7.89. The fourth-order valence-corrected chi connectivity index (χ4v) is 10.9. The maximum Gasteiger partial charge on any atom is 0.236 e. The molecule has 1 aliphatic rings. The third-order valence-electron chi connectivity index (χ3n) is 9.66. The largest absolute Gasteiger partial charge is 0.306 e. The Balaban J connectivity index is 1.62. The SMILES string of the molecule is O=P1(c2ccccc2)c2ccccc2-n2c3ccccc3c3c(-c4ccccc4)c(-c4ccccc4)c4c5ccccc5n1c4c32. The Morgan fingerprint density at radius 3 is 1.57 bits per heavy atom. The van der Waals surface area contributed by atoms with E-state index in [1.54, 1.807) is 0 Å². The highest BCUT2D eigenvalue weighted by Crippen LogP contribution is 2.59. The monoisotopic (exact) mass is 606 g/mol. The van der Waals surface area contributed by atoms with E-state index in [-0.39, 0.29) is 0 Å². The summed E-state index contributed by atoms with van der Waals surface area (Å²) in [6, 6.07) is 57.1. The highest BCUT2D eigenvalue weighted by atomic mass is 31.2. The molecule has 1 unspecified atom stereocenters. The summed E-state index contributed by atoms with van der Waals surface area (Å²) < 4.78 is 21.1. The van der Waals surface area contributed by atoms with Crippen molar-refractivity contribution in [1.82, 2.24) is 8.90 Å². The molecule has 0 radical (unpaired) electrons. The molecule has 9 aromatic rings. The minimum Gasteiger partial charge on any atom is -0.306 e. The van der Waals surface area contributed by atoms with Gasteiger partial charge in [0.2, 0.25) is 7.29 Å². The summed E-state index contributed by atoms with van der Waals surface area (Å²) in [5, 5.41) is 6.24. The van der Waals surface area contributed by atoms with Gasteiger partial charge in [-0.25, -0.2) is 0 Å². The average Bonchev–Trinajstić information content (AvgIpc) is 3.63. The molecular weight excluding hydrogens is 579 g/mol. The first-order valence-corrected chi connectivity index (χ1v) is 17.3. The molecule has 1 atom stereocenters. The van der Waals surface area contributed by atoms with E-state index in [2.05, 4.69) is 136 Å². The first-order valence-electron chi connectivity index (χ1n) is 15.7. The quantitative estimate of drug-likeness (QED) is 0.184. The van der Waals surface area contributed by atoms with E-state index in [0.29, 0.717) is 0 Å². The number of para-hydroxylation sites is 3. The number of fused-ring (bicyclic) bond motifs is 8. The van der Waals surface area contributed by atoms with Gasteiger partial charge in [-0.1, -0.05) is 127 Å². The molecule has 0 saturated carbocycles. The number of hydrogen-bond donors (Lipinski definition) is 0. The Labute approximate surface area is 266 Å². The topological polar surface area (TPSA) is 26.9 Å². The van der Waals surface area contributed by atoms with Crippen molar-refractivity contribution in [2.75, 3.05) is 0 Å². The summed E-state index contributed by atoms with van der Waals surface area (Å²) in [6.45, 7) is 0. The van der Waals surface area contributed by atoms with Crippen molar-refractivity contribution < 1.29 is 4.57 Å². The van der Waals surface area contributed by atoms with Gasteiger partial charge in [0.15, 0.2) is 0 Å². The van der Waals surface area contributed by atoms with Gasteiger partial charge in [0.1, 0.15) is 0 Å². The van der Waals surface area contributed by atoms with E-state index in [1.807, 2.05) is 36.4 Å². The van der Waals surface area contributed by atoms with Crippen LogP contribution in [0.5, 0.6) is 0 Å². The van der Waals surface area contributed by atoms with E-state index in [4.69, 9.17) is 0 Å². The predicted octanol–water partition coefficient (Wildman–Crippen LogP) is 10.3. The average molecular weight is 607 g/mol. The first kappa shape index (κ1) is 25.7. The third-order valence-corrected chi connectivity index (χ3v) is 12.7. The molecule has 216 valence electrons. The molecule has 0 amide bonds. The van der Waals surface area contributed by atoms with Crippen LogP contribution in [0.3, 0.4) is 0 Å². The zero-order valence-corrected chi connectivity index (χ0v) is 25.7. The van der Waals surface area contributed by atoms with E-state index in [1.165, 1.54) is 16.3 Å². The molecule has 0 aliphatic carbocycles. The van der Waals surface area contributed by atoms with Gasteiger partial charge in [0.05, 0.1) is 33.1 Å². The van der Waals surface area contributed by atoms with Crippen LogP contribution in [0.25, 0.3) is 71.6 Å². The molecule has 3 heterocycles. The van der Waals surface area contributed by atoms with Crippen molar-refractivity contribution in [2.45, 2.75) is 0 Å². The van der Waals surface area contributed by atoms with Gasteiger partial charge in [0, 0.05) is 38.0 Å². The van der Waals surface area contributed by atoms with Gasteiger partial charge in [-0.05, 0) is 47.5 Å². The Morgan fingerprint density at radius 1 is 0.435 bits per heavy atom. The minimum absolute atomic E-state index is 0.821. The second kappa shape index (κ2) is 9.44. The Morgan fingerprint density at radius 2 is 0.913 bits per heavy atom. The van der Waals surface area contributed by atoms with Crippen molar-refractivity contribution in [1.29, 1.82) is 0 Å². The summed E-state index contributed by atoms with van der Waals surface area (Å²) in [7, 11) is -3.46. The second-order valence-electron chi connectivity index (χ2n) is 12.0. The Hall–Kier alpha value is -5.63. The summed E-state index contributed by atoms with van der Waals surface area (Å²) >= 11 is 0. The van der Waals surface area contributed by atoms with Gasteiger partial charge in [-0.3, -0.25) is 8.90 Å². The normalized spacial score (nSPS) is 15.6. The lowest BCUT2D eigenvalue weighted by molar-refractivity contribution is 0.583. The molecule has 4 heteroatoms. The number of nitrogens with zero attached hydrogens (tertiary/aromatic N) is 2. The molecule has 1 aliphatic heterocycles. The molecule has 10 rings (SSSR count). The molecule has 3 nitrogen and oxygen atoms in total. The van der Waals surface area contributed by atoms with Crippen LogP contribution in [-0.4, -0.2) is 8.90 Å². The molecule has 0 fully saturated rings. The standard InChI is InChI=1S/C42H27N2OP/c45-46(30-20-8-3-9-21-30)36-27-15-14-26-35(36)43-33-24-12-10-22-31(33)39-37(28-16-4-1-5-17-28)38(29-18-6-2-7-19-29)40-32-23-11-13-25-34(32)44(46)42(40)41(39)43/h1-27H. The fraction of sp³-hybridized carbons (Fsp3) is 0. The number of benzene rings is 7. The van der Waals surface area contributed by atoms with Crippen molar-refractivity contribution in [2.24, 2.45) is 0 Å². The molecule has 0 saturated heterocycles. The smallest absolute Gasteiger partial charge is 0.236 e. The summed E-state index contributed by atoms with van der Waals surface area (Å²) in [4.78, 5) is 0. The predicted molar refractivity (Wildman–Crippen MR) is 193 cm³/mol. The second-order valence-corrected chi connectivity index (χ2v) is 14.6. The van der Waals surface area contributed by atoms with Crippen molar-refractivity contribution >= 4 is 61.5 Å². The van der Waals surface area contributed by atoms with Gasteiger partial charge >= 0.3 is 0 Å². The van der Waals surface area contributed by atoms with Crippen molar-refractivity contribution in [3.8, 4) is 27.9 Å². The van der Waals surface area contributed by atoms with Crippen LogP contribution < -0.4 is 10.6 Å². The lowest BCUT2D eigenvalue weighted by Crippen LogP contribution is -2.23. The van der Waals surface area contributed by atoms with Crippen LogP contribution in [0.2, 0.25) is 0 Å². The number of hydrogen-bond acceptors (Lipinski definition) is 1. The highest BCUT2D eigenvalue weighted by Gasteiger charge is 2.40. The van der Waals surface area contributed by atoms with E-state index >= 15 is 4.57 Å². The van der Waals surface area contributed by atoms with Gasteiger partial charge in [-0.2, -0.15) is 0 Å². The molecular formula is C42H27N2OP. The first-order chi connectivity index (χ1) is 22.8. The van der Waals surface area contributed by atoms with Crippen LogP contribution in [-0.2, 0) is 4.57 Å². The van der Waals surface area contributed by atoms with Crippen LogP contribution in [0.15, 0.2) is 164 Å². The maximum atomic E-state index is 16.5. The molecule has 0 bridgehead atoms. The molecule has 2 aromatic heterocycles. The van der Waals surface area contributed by atoms with Crippen molar-refractivity contribution in [3.05, 3.63) is 164 Å². The zero-order chi connectivity index (χ0) is 30.4.